The molecule has 0 aromatic heterocycles. The van der Waals surface area contributed by atoms with Crippen LogP contribution in [0.3, 0.4) is 0 Å². The second kappa shape index (κ2) is 8.13. The molecule has 1 fully saturated rings. The van der Waals surface area contributed by atoms with Crippen LogP contribution in [0.25, 0.3) is 0 Å². The van der Waals surface area contributed by atoms with Crippen molar-refractivity contribution in [2.45, 2.75) is 37.8 Å². The van der Waals surface area contributed by atoms with Crippen molar-refractivity contribution < 1.29 is 14.6 Å². The lowest BCUT2D eigenvalue weighted by molar-refractivity contribution is 0.000879. The van der Waals surface area contributed by atoms with Gasteiger partial charge in [0.1, 0.15) is 12.4 Å². The van der Waals surface area contributed by atoms with Crippen LogP contribution in [-0.4, -0.2) is 37.6 Å². The summed E-state index contributed by atoms with van der Waals surface area (Å²) in [5.41, 5.74) is 0.429. The molecular weight excluding hydrogens is 334 g/mol. The molecule has 0 atom stereocenters. The maximum atomic E-state index is 10.4. The van der Waals surface area contributed by atoms with Crippen molar-refractivity contribution in [2.24, 2.45) is 0 Å². The molecule has 0 aliphatic heterocycles. The van der Waals surface area contributed by atoms with E-state index in [-0.39, 0.29) is 0 Å². The number of aliphatic hydroxyl groups is 1. The number of methoxy groups -OCH3 is 1. The van der Waals surface area contributed by atoms with Gasteiger partial charge in [0.05, 0.1) is 16.7 Å². The Labute approximate surface area is 135 Å². The summed E-state index contributed by atoms with van der Waals surface area (Å²) >= 11 is 3.54. The molecule has 1 aliphatic carbocycles. The van der Waals surface area contributed by atoms with Gasteiger partial charge in [-0.3, -0.25) is 0 Å². The van der Waals surface area contributed by atoms with E-state index in [4.69, 9.17) is 9.47 Å². The van der Waals surface area contributed by atoms with Gasteiger partial charge in [-0.2, -0.15) is 0 Å². The van der Waals surface area contributed by atoms with Crippen LogP contribution in [-0.2, 0) is 11.3 Å². The van der Waals surface area contributed by atoms with E-state index in [1.165, 1.54) is 0 Å². The van der Waals surface area contributed by atoms with Gasteiger partial charge >= 0.3 is 0 Å². The van der Waals surface area contributed by atoms with E-state index in [9.17, 15) is 5.11 Å². The summed E-state index contributed by atoms with van der Waals surface area (Å²) in [5, 5.41) is 13.7. The average molecular weight is 358 g/mol. The summed E-state index contributed by atoms with van der Waals surface area (Å²) in [4.78, 5) is 0. The first-order chi connectivity index (χ1) is 10.1. The monoisotopic (exact) mass is 357 g/mol. The molecule has 0 unspecified atom stereocenters. The van der Waals surface area contributed by atoms with Gasteiger partial charge in [0.2, 0.25) is 0 Å². The zero-order valence-corrected chi connectivity index (χ0v) is 14.1. The molecular formula is C16H24BrNO3. The summed E-state index contributed by atoms with van der Waals surface area (Å²) < 4.78 is 11.9. The van der Waals surface area contributed by atoms with Gasteiger partial charge in [-0.25, -0.2) is 0 Å². The number of hydrogen-bond acceptors (Lipinski definition) is 4. The van der Waals surface area contributed by atoms with Gasteiger partial charge in [-0.15, -0.1) is 0 Å². The van der Waals surface area contributed by atoms with Crippen LogP contribution in [0.15, 0.2) is 22.7 Å². The molecule has 2 N–H and O–H groups in total. The smallest absolute Gasteiger partial charge is 0.138 e. The third-order valence-corrected chi connectivity index (χ3v) is 4.49. The molecule has 0 heterocycles. The summed E-state index contributed by atoms with van der Waals surface area (Å²) in [6, 6.07) is 6.00. The van der Waals surface area contributed by atoms with Crippen LogP contribution in [0.5, 0.6) is 5.75 Å². The Hall–Kier alpha value is -0.620. The molecule has 4 nitrogen and oxygen atoms in total. The first-order valence-electron chi connectivity index (χ1n) is 7.47. The van der Waals surface area contributed by atoms with Crippen LogP contribution < -0.4 is 10.1 Å². The second-order valence-corrected chi connectivity index (χ2v) is 6.47. The van der Waals surface area contributed by atoms with Gasteiger partial charge in [0.25, 0.3) is 0 Å². The molecule has 1 aliphatic rings. The summed E-state index contributed by atoms with van der Waals surface area (Å²) in [7, 11) is 1.69. The Morgan fingerprint density at radius 1 is 1.33 bits per heavy atom. The molecule has 0 amide bonds. The summed E-state index contributed by atoms with van der Waals surface area (Å²) in [6.45, 7) is 2.56. The lowest BCUT2D eigenvalue weighted by Crippen LogP contribution is -2.32. The molecule has 0 bridgehead atoms. The third-order valence-electron chi connectivity index (χ3n) is 3.87. The number of hydrogen-bond donors (Lipinski definition) is 2. The predicted octanol–water partition coefficient (Wildman–Crippen LogP) is 2.87. The van der Waals surface area contributed by atoms with Gasteiger partial charge in [-0.05, 0) is 34.8 Å². The number of rotatable bonds is 8. The molecule has 2 rings (SSSR count). The zero-order chi connectivity index (χ0) is 15.1. The fourth-order valence-electron chi connectivity index (χ4n) is 2.64. The highest BCUT2D eigenvalue weighted by atomic mass is 79.9. The molecule has 0 spiro atoms. The highest BCUT2D eigenvalue weighted by Gasteiger charge is 2.32. The van der Waals surface area contributed by atoms with E-state index in [0.717, 1.165) is 54.6 Å². The molecule has 5 heteroatoms. The van der Waals surface area contributed by atoms with E-state index in [1.54, 1.807) is 7.11 Å². The van der Waals surface area contributed by atoms with E-state index in [1.807, 2.05) is 18.2 Å². The molecule has 0 radical (unpaired) electrons. The Balaban J connectivity index is 1.96. The predicted molar refractivity (Wildman–Crippen MR) is 86.6 cm³/mol. The van der Waals surface area contributed by atoms with Gasteiger partial charge in [0, 0.05) is 25.8 Å². The van der Waals surface area contributed by atoms with Gasteiger partial charge in [0.15, 0.2) is 0 Å². The fourth-order valence-corrected chi connectivity index (χ4v) is 3.16. The topological polar surface area (TPSA) is 50.7 Å². The van der Waals surface area contributed by atoms with Crippen molar-refractivity contribution in [3.63, 3.8) is 0 Å². The molecule has 1 aromatic carbocycles. The normalized spacial score (nSPS) is 17.1. The van der Waals surface area contributed by atoms with Gasteiger partial charge in [-0.1, -0.05) is 25.0 Å². The lowest BCUT2D eigenvalue weighted by atomic mass is 10.0. The average Bonchev–Trinajstić information content (AvgIpc) is 2.90. The van der Waals surface area contributed by atoms with Crippen molar-refractivity contribution in [2.75, 3.05) is 26.9 Å². The first kappa shape index (κ1) is 16.7. The van der Waals surface area contributed by atoms with E-state index < -0.39 is 5.60 Å². The highest BCUT2D eigenvalue weighted by Crippen LogP contribution is 2.33. The minimum atomic E-state index is -0.657. The third kappa shape index (κ3) is 4.95. The van der Waals surface area contributed by atoms with Crippen molar-refractivity contribution in [1.82, 2.24) is 5.32 Å². The standard InChI is InChI=1S/C16H24BrNO3/c1-20-10-9-18-11-13-5-4-6-14(17)15(13)21-12-16(19)7-2-3-8-16/h4-6,18-19H,2-3,7-12H2,1H3. The van der Waals surface area contributed by atoms with Crippen LogP contribution in [0, 0.1) is 0 Å². The quantitative estimate of drug-likeness (QED) is 0.702. The van der Waals surface area contributed by atoms with E-state index in [0.29, 0.717) is 13.2 Å². The maximum absolute atomic E-state index is 10.4. The van der Waals surface area contributed by atoms with E-state index in [2.05, 4.69) is 21.2 Å². The lowest BCUT2D eigenvalue weighted by Gasteiger charge is -2.23. The molecule has 0 saturated heterocycles. The maximum Gasteiger partial charge on any atom is 0.138 e. The SMILES string of the molecule is COCCNCc1cccc(Br)c1OCC1(O)CCCC1. The molecule has 1 aromatic rings. The van der Waals surface area contributed by atoms with Crippen LogP contribution in [0.2, 0.25) is 0 Å². The highest BCUT2D eigenvalue weighted by molar-refractivity contribution is 9.10. The zero-order valence-electron chi connectivity index (χ0n) is 12.5. The minimum absolute atomic E-state index is 0.362. The minimum Gasteiger partial charge on any atom is -0.489 e. The summed E-state index contributed by atoms with van der Waals surface area (Å²) in [6.07, 6.45) is 3.83. The van der Waals surface area contributed by atoms with Crippen molar-refractivity contribution >= 4 is 15.9 Å². The Morgan fingerprint density at radius 2 is 2.10 bits per heavy atom. The fraction of sp³-hybridized carbons (Fsp3) is 0.625. The van der Waals surface area contributed by atoms with Crippen LogP contribution in [0.4, 0.5) is 0 Å². The first-order valence-corrected chi connectivity index (χ1v) is 8.26. The Bertz CT molecular complexity index is 447. The molecule has 118 valence electrons. The van der Waals surface area contributed by atoms with Crippen molar-refractivity contribution in [3.05, 3.63) is 28.2 Å². The number of para-hydroxylation sites is 1. The number of ether oxygens (including phenoxy) is 2. The van der Waals surface area contributed by atoms with Crippen LogP contribution >= 0.6 is 15.9 Å². The Kier molecular flexibility index (Phi) is 6.48. The number of nitrogens with one attached hydrogen (secondary N) is 1. The molecule has 21 heavy (non-hydrogen) atoms. The largest absolute Gasteiger partial charge is 0.489 e. The molecule has 1 saturated carbocycles. The number of benzene rings is 1. The number of halogens is 1. The van der Waals surface area contributed by atoms with E-state index >= 15 is 0 Å². The van der Waals surface area contributed by atoms with Crippen LogP contribution in [0.1, 0.15) is 31.2 Å². The van der Waals surface area contributed by atoms with Crippen molar-refractivity contribution in [1.29, 1.82) is 0 Å². The summed E-state index contributed by atoms with van der Waals surface area (Å²) in [5.74, 6) is 0.822. The second-order valence-electron chi connectivity index (χ2n) is 5.62. The van der Waals surface area contributed by atoms with Gasteiger partial charge < -0.3 is 19.9 Å². The van der Waals surface area contributed by atoms with Crippen molar-refractivity contribution in [3.8, 4) is 5.75 Å². The Morgan fingerprint density at radius 3 is 2.81 bits per heavy atom.